The predicted molar refractivity (Wildman–Crippen MR) is 63.9 cm³/mol. The minimum atomic E-state index is -1.25. The molecule has 0 radical (unpaired) electrons. The monoisotopic (exact) mass is 216 g/mol. The SMILES string of the molecule is C/C=C(/c1ccccc1)C1(O)CCCC1=O. The van der Waals surface area contributed by atoms with Crippen molar-refractivity contribution in [1.29, 1.82) is 0 Å². The second-order valence-electron chi connectivity index (χ2n) is 4.21. The van der Waals surface area contributed by atoms with Crippen LogP contribution in [0.5, 0.6) is 0 Å². The van der Waals surface area contributed by atoms with Crippen molar-refractivity contribution in [2.75, 3.05) is 0 Å². The molecule has 0 aliphatic heterocycles. The van der Waals surface area contributed by atoms with Crippen LogP contribution in [-0.4, -0.2) is 16.5 Å². The highest BCUT2D eigenvalue weighted by Gasteiger charge is 2.43. The average Bonchev–Trinajstić information content (AvgIpc) is 2.62. The summed E-state index contributed by atoms with van der Waals surface area (Å²) < 4.78 is 0. The molecule has 0 spiro atoms. The zero-order chi connectivity index (χ0) is 11.6. The third-order valence-corrected chi connectivity index (χ3v) is 3.22. The highest BCUT2D eigenvalue weighted by molar-refractivity contribution is 6.02. The van der Waals surface area contributed by atoms with Gasteiger partial charge < -0.3 is 5.11 Å². The first kappa shape index (κ1) is 11.1. The summed E-state index contributed by atoms with van der Waals surface area (Å²) in [6.45, 7) is 1.87. The molecule has 0 saturated heterocycles. The molecule has 1 aliphatic carbocycles. The third kappa shape index (κ3) is 1.69. The van der Waals surface area contributed by atoms with E-state index in [4.69, 9.17) is 0 Å². The molecule has 0 amide bonds. The summed E-state index contributed by atoms with van der Waals surface area (Å²) in [6.07, 6.45) is 3.65. The van der Waals surface area contributed by atoms with E-state index < -0.39 is 5.60 Å². The number of benzene rings is 1. The van der Waals surface area contributed by atoms with Crippen LogP contribution in [0.2, 0.25) is 0 Å². The summed E-state index contributed by atoms with van der Waals surface area (Å²) in [4.78, 5) is 11.8. The molecule has 0 heterocycles. The molecule has 2 rings (SSSR count). The summed E-state index contributed by atoms with van der Waals surface area (Å²) in [5.74, 6) is -0.0514. The van der Waals surface area contributed by atoms with Crippen molar-refractivity contribution in [3.63, 3.8) is 0 Å². The van der Waals surface area contributed by atoms with E-state index in [9.17, 15) is 9.90 Å². The van der Waals surface area contributed by atoms with Crippen LogP contribution >= 0.6 is 0 Å². The zero-order valence-corrected chi connectivity index (χ0v) is 9.44. The first-order chi connectivity index (χ1) is 7.68. The van der Waals surface area contributed by atoms with Gasteiger partial charge in [-0.2, -0.15) is 0 Å². The fourth-order valence-corrected chi connectivity index (χ4v) is 2.40. The van der Waals surface area contributed by atoms with Crippen LogP contribution in [0.15, 0.2) is 36.4 Å². The van der Waals surface area contributed by atoms with E-state index in [2.05, 4.69) is 0 Å². The van der Waals surface area contributed by atoms with Crippen LogP contribution in [0.4, 0.5) is 0 Å². The van der Waals surface area contributed by atoms with Gasteiger partial charge in [-0.05, 0) is 30.9 Å². The number of aliphatic hydroxyl groups is 1. The fourth-order valence-electron chi connectivity index (χ4n) is 2.40. The predicted octanol–water partition coefficient (Wildman–Crippen LogP) is 2.57. The molecule has 1 N–H and O–H groups in total. The Morgan fingerprint density at radius 2 is 2.06 bits per heavy atom. The molecule has 16 heavy (non-hydrogen) atoms. The van der Waals surface area contributed by atoms with Gasteiger partial charge in [0, 0.05) is 6.42 Å². The first-order valence-corrected chi connectivity index (χ1v) is 5.66. The van der Waals surface area contributed by atoms with Gasteiger partial charge in [0.2, 0.25) is 0 Å². The Kier molecular flexibility index (Phi) is 2.92. The molecule has 1 aliphatic rings. The maximum absolute atomic E-state index is 11.8. The number of carbonyl (C=O) groups is 1. The number of hydrogen-bond donors (Lipinski definition) is 1. The molecule has 1 aromatic rings. The lowest BCUT2D eigenvalue weighted by Crippen LogP contribution is -2.34. The van der Waals surface area contributed by atoms with Crippen molar-refractivity contribution >= 4 is 11.4 Å². The molecule has 1 unspecified atom stereocenters. The fraction of sp³-hybridized carbons (Fsp3) is 0.357. The number of carbonyl (C=O) groups excluding carboxylic acids is 1. The minimum absolute atomic E-state index is 0.0514. The summed E-state index contributed by atoms with van der Waals surface area (Å²) in [5.41, 5.74) is 0.425. The van der Waals surface area contributed by atoms with E-state index in [0.717, 1.165) is 17.6 Å². The quantitative estimate of drug-likeness (QED) is 0.825. The van der Waals surface area contributed by atoms with E-state index in [-0.39, 0.29) is 5.78 Å². The molecular formula is C14H16O2. The maximum Gasteiger partial charge on any atom is 0.168 e. The van der Waals surface area contributed by atoms with Crippen LogP contribution in [0, 0.1) is 0 Å². The standard InChI is InChI=1S/C14H16O2/c1-2-12(11-7-4-3-5-8-11)14(16)10-6-9-13(14)15/h2-5,7-8,16H,6,9-10H2,1H3/b12-2-. The number of Topliss-reactive ketones (excluding diaryl/α,β-unsaturated/α-hetero) is 1. The molecular weight excluding hydrogens is 200 g/mol. The van der Waals surface area contributed by atoms with Crippen LogP contribution in [-0.2, 0) is 4.79 Å². The van der Waals surface area contributed by atoms with Crippen molar-refractivity contribution < 1.29 is 9.90 Å². The largest absolute Gasteiger partial charge is 0.377 e. The normalized spacial score (nSPS) is 26.1. The Morgan fingerprint density at radius 3 is 2.56 bits per heavy atom. The van der Waals surface area contributed by atoms with Crippen LogP contribution < -0.4 is 0 Å². The minimum Gasteiger partial charge on any atom is -0.377 e. The summed E-state index contributed by atoms with van der Waals surface area (Å²) in [6, 6.07) is 9.62. The van der Waals surface area contributed by atoms with Gasteiger partial charge in [-0.15, -0.1) is 0 Å². The molecule has 1 saturated carbocycles. The Hall–Kier alpha value is -1.41. The molecule has 1 aromatic carbocycles. The Morgan fingerprint density at radius 1 is 1.38 bits per heavy atom. The second-order valence-corrected chi connectivity index (χ2v) is 4.21. The molecule has 2 nitrogen and oxygen atoms in total. The van der Waals surface area contributed by atoms with E-state index in [0.29, 0.717) is 12.8 Å². The number of ketones is 1. The maximum atomic E-state index is 11.8. The lowest BCUT2D eigenvalue weighted by Gasteiger charge is -2.24. The highest BCUT2D eigenvalue weighted by Crippen LogP contribution is 2.38. The molecule has 84 valence electrons. The molecule has 0 aromatic heterocycles. The Bertz CT molecular complexity index is 420. The summed E-state index contributed by atoms with van der Waals surface area (Å²) in [7, 11) is 0. The Balaban J connectivity index is 2.42. The smallest absolute Gasteiger partial charge is 0.168 e. The molecule has 1 atom stereocenters. The van der Waals surface area contributed by atoms with Gasteiger partial charge in [0.05, 0.1) is 0 Å². The van der Waals surface area contributed by atoms with Gasteiger partial charge in [0.25, 0.3) is 0 Å². The van der Waals surface area contributed by atoms with Crippen LogP contribution in [0.1, 0.15) is 31.7 Å². The van der Waals surface area contributed by atoms with Crippen molar-refractivity contribution in [3.8, 4) is 0 Å². The second kappa shape index (κ2) is 4.22. The van der Waals surface area contributed by atoms with Gasteiger partial charge >= 0.3 is 0 Å². The summed E-state index contributed by atoms with van der Waals surface area (Å²) in [5, 5.41) is 10.5. The van der Waals surface area contributed by atoms with E-state index >= 15 is 0 Å². The highest BCUT2D eigenvalue weighted by atomic mass is 16.3. The van der Waals surface area contributed by atoms with Crippen molar-refractivity contribution in [2.24, 2.45) is 0 Å². The molecule has 0 bridgehead atoms. The number of rotatable bonds is 2. The van der Waals surface area contributed by atoms with E-state index in [1.54, 1.807) is 0 Å². The van der Waals surface area contributed by atoms with Gasteiger partial charge in [-0.3, -0.25) is 4.79 Å². The number of hydrogen-bond acceptors (Lipinski definition) is 2. The van der Waals surface area contributed by atoms with Crippen LogP contribution in [0.25, 0.3) is 5.57 Å². The summed E-state index contributed by atoms with van der Waals surface area (Å²) >= 11 is 0. The Labute approximate surface area is 95.6 Å². The van der Waals surface area contributed by atoms with Crippen LogP contribution in [0.3, 0.4) is 0 Å². The van der Waals surface area contributed by atoms with E-state index in [1.165, 1.54) is 0 Å². The zero-order valence-electron chi connectivity index (χ0n) is 9.44. The topological polar surface area (TPSA) is 37.3 Å². The van der Waals surface area contributed by atoms with Crippen molar-refractivity contribution in [3.05, 3.63) is 42.0 Å². The molecule has 1 fully saturated rings. The van der Waals surface area contributed by atoms with Gasteiger partial charge in [0.1, 0.15) is 5.60 Å². The third-order valence-electron chi connectivity index (χ3n) is 3.22. The van der Waals surface area contributed by atoms with Gasteiger partial charge in [0.15, 0.2) is 5.78 Å². The van der Waals surface area contributed by atoms with Crippen molar-refractivity contribution in [1.82, 2.24) is 0 Å². The lowest BCUT2D eigenvalue weighted by molar-refractivity contribution is -0.128. The average molecular weight is 216 g/mol. The number of allylic oxidation sites excluding steroid dienone is 1. The van der Waals surface area contributed by atoms with Crippen molar-refractivity contribution in [2.45, 2.75) is 31.8 Å². The first-order valence-electron chi connectivity index (χ1n) is 5.66. The lowest BCUT2D eigenvalue weighted by atomic mass is 9.86. The molecule has 2 heteroatoms. The van der Waals surface area contributed by atoms with Gasteiger partial charge in [-0.1, -0.05) is 36.4 Å². The van der Waals surface area contributed by atoms with E-state index in [1.807, 2.05) is 43.3 Å². The van der Waals surface area contributed by atoms with Gasteiger partial charge in [-0.25, -0.2) is 0 Å².